The summed E-state index contributed by atoms with van der Waals surface area (Å²) in [5, 5.41) is 14.7. The van der Waals surface area contributed by atoms with Gasteiger partial charge < -0.3 is 10.1 Å². The molecule has 5 rings (SSSR count). The quantitative estimate of drug-likeness (QED) is 0.246. The largest absolute Gasteiger partial charge is 0.573 e. The lowest BCUT2D eigenvalue weighted by Crippen LogP contribution is -2.21. The van der Waals surface area contributed by atoms with Crippen LogP contribution in [0.3, 0.4) is 0 Å². The number of benzene rings is 3. The molecule has 5 aromatic rings. The van der Waals surface area contributed by atoms with Crippen LogP contribution in [0.1, 0.15) is 5.56 Å². The number of carbonyl (C=O) groups excluding carboxylic acids is 1. The molecule has 2 aromatic heterocycles. The molecule has 0 atom stereocenters. The van der Waals surface area contributed by atoms with Gasteiger partial charge in [-0.2, -0.15) is 5.10 Å². The predicted octanol–water partition coefficient (Wildman–Crippen LogP) is 6.62. The number of hydrogen-bond donors (Lipinski definition) is 2. The Morgan fingerprint density at radius 3 is 2.41 bits per heavy atom. The lowest BCUT2D eigenvalue weighted by Gasteiger charge is -2.13. The van der Waals surface area contributed by atoms with Gasteiger partial charge in [0.05, 0.1) is 22.6 Å². The molecule has 198 valence electrons. The maximum absolute atomic E-state index is 12.7. The minimum atomic E-state index is -4.76. The van der Waals surface area contributed by atoms with Gasteiger partial charge in [0.1, 0.15) is 17.9 Å². The van der Waals surface area contributed by atoms with Gasteiger partial charge in [-0.25, -0.2) is 19.1 Å². The Kier molecular flexibility index (Phi) is 6.94. The van der Waals surface area contributed by atoms with E-state index in [0.717, 1.165) is 5.56 Å². The molecular formula is C26H19ClF3N7O2. The fourth-order valence-electron chi connectivity index (χ4n) is 3.77. The van der Waals surface area contributed by atoms with Crippen molar-refractivity contribution < 1.29 is 22.7 Å². The van der Waals surface area contributed by atoms with Gasteiger partial charge in [0.25, 0.3) is 0 Å². The van der Waals surface area contributed by atoms with Crippen LogP contribution in [-0.4, -0.2) is 36.9 Å². The molecule has 0 unspecified atom stereocenters. The number of urea groups is 1. The molecule has 39 heavy (non-hydrogen) atoms. The van der Waals surface area contributed by atoms with Crippen LogP contribution < -0.4 is 15.4 Å². The first-order valence-electron chi connectivity index (χ1n) is 11.4. The predicted molar refractivity (Wildman–Crippen MR) is 139 cm³/mol. The second-order valence-electron chi connectivity index (χ2n) is 8.24. The average molecular weight is 554 g/mol. The summed E-state index contributed by atoms with van der Waals surface area (Å²) in [7, 11) is 0. The number of hydrogen-bond acceptors (Lipinski definition) is 5. The lowest BCUT2D eigenvalue weighted by atomic mass is 10.2. The van der Waals surface area contributed by atoms with E-state index < -0.39 is 12.4 Å². The standard InChI is InChI=1S/C26H19ClF3N7O2/c1-16-3-2-4-21(27)23(16)37-22(13-14-32-37)34-25(38)33-18-7-5-17(6-8-18)24-31-15-36(35-24)19-9-11-20(12-10-19)39-26(28,29)30/h2-15H,1H3,(H2,33,34,38). The Morgan fingerprint density at radius 1 is 0.974 bits per heavy atom. The van der Waals surface area contributed by atoms with Crippen LogP contribution in [0.15, 0.2) is 85.3 Å². The summed E-state index contributed by atoms with van der Waals surface area (Å²) in [6.45, 7) is 1.90. The number of para-hydroxylation sites is 1. The molecule has 0 aliphatic heterocycles. The zero-order valence-corrected chi connectivity index (χ0v) is 20.9. The highest BCUT2D eigenvalue weighted by Crippen LogP contribution is 2.27. The molecule has 2 N–H and O–H groups in total. The summed E-state index contributed by atoms with van der Waals surface area (Å²) in [6, 6.07) is 18.8. The van der Waals surface area contributed by atoms with Crippen LogP contribution >= 0.6 is 11.6 Å². The van der Waals surface area contributed by atoms with Crippen molar-refractivity contribution >= 4 is 29.1 Å². The van der Waals surface area contributed by atoms with Crippen LogP contribution in [0.5, 0.6) is 5.75 Å². The first kappa shape index (κ1) is 25.8. The maximum atomic E-state index is 12.7. The van der Waals surface area contributed by atoms with Crippen molar-refractivity contribution in [2.45, 2.75) is 13.3 Å². The highest BCUT2D eigenvalue weighted by molar-refractivity contribution is 6.32. The molecule has 0 fully saturated rings. The summed E-state index contributed by atoms with van der Waals surface area (Å²) < 4.78 is 43.9. The second-order valence-corrected chi connectivity index (χ2v) is 8.65. The van der Waals surface area contributed by atoms with Gasteiger partial charge in [0, 0.05) is 17.3 Å². The molecule has 0 radical (unpaired) electrons. The third-order valence-corrected chi connectivity index (χ3v) is 5.82. The number of nitrogens with zero attached hydrogens (tertiary/aromatic N) is 5. The molecule has 3 aromatic carbocycles. The van der Waals surface area contributed by atoms with Crippen molar-refractivity contribution in [3.63, 3.8) is 0 Å². The lowest BCUT2D eigenvalue weighted by molar-refractivity contribution is -0.274. The second kappa shape index (κ2) is 10.5. The van der Waals surface area contributed by atoms with Gasteiger partial charge in [-0.05, 0) is 67.1 Å². The number of carbonyl (C=O) groups is 1. The number of anilines is 2. The van der Waals surface area contributed by atoms with Crippen molar-refractivity contribution in [2.75, 3.05) is 10.6 Å². The van der Waals surface area contributed by atoms with Gasteiger partial charge >= 0.3 is 12.4 Å². The van der Waals surface area contributed by atoms with Gasteiger partial charge in [-0.3, -0.25) is 5.32 Å². The Hall–Kier alpha value is -4.84. The van der Waals surface area contributed by atoms with E-state index in [4.69, 9.17) is 11.6 Å². The fraction of sp³-hybridized carbons (Fsp3) is 0.0769. The van der Waals surface area contributed by atoms with Crippen LogP contribution in [0.2, 0.25) is 5.02 Å². The van der Waals surface area contributed by atoms with Crippen molar-refractivity contribution in [3.8, 4) is 28.5 Å². The van der Waals surface area contributed by atoms with E-state index in [1.54, 1.807) is 47.3 Å². The van der Waals surface area contributed by atoms with Crippen molar-refractivity contribution in [2.24, 2.45) is 0 Å². The van der Waals surface area contributed by atoms with Crippen LogP contribution in [0.4, 0.5) is 29.5 Å². The molecule has 2 heterocycles. The molecule has 0 saturated heterocycles. The first-order valence-corrected chi connectivity index (χ1v) is 11.8. The Labute approximate surface area is 224 Å². The monoisotopic (exact) mass is 553 g/mol. The molecule has 13 heteroatoms. The van der Waals surface area contributed by atoms with Crippen molar-refractivity contribution in [3.05, 3.63) is 95.9 Å². The highest BCUT2D eigenvalue weighted by Gasteiger charge is 2.31. The zero-order chi connectivity index (χ0) is 27.6. The molecule has 0 bridgehead atoms. The third kappa shape index (κ3) is 6.02. The summed E-state index contributed by atoms with van der Waals surface area (Å²) in [5.41, 5.74) is 3.26. The number of ether oxygens (including phenoxy) is 1. The Morgan fingerprint density at radius 2 is 1.72 bits per heavy atom. The third-order valence-electron chi connectivity index (χ3n) is 5.51. The number of aryl methyl sites for hydroxylation is 1. The number of halogens is 4. The number of rotatable bonds is 6. The van der Waals surface area contributed by atoms with Crippen LogP contribution in [0, 0.1) is 6.92 Å². The van der Waals surface area contributed by atoms with Crippen molar-refractivity contribution in [1.82, 2.24) is 24.5 Å². The maximum Gasteiger partial charge on any atom is 0.573 e. The highest BCUT2D eigenvalue weighted by atomic mass is 35.5. The number of aromatic nitrogens is 5. The minimum Gasteiger partial charge on any atom is -0.406 e. The smallest absolute Gasteiger partial charge is 0.406 e. The summed E-state index contributed by atoms with van der Waals surface area (Å²) in [4.78, 5) is 16.9. The average Bonchev–Trinajstić information content (AvgIpc) is 3.54. The van der Waals surface area contributed by atoms with Gasteiger partial charge in [0.2, 0.25) is 0 Å². The SMILES string of the molecule is Cc1cccc(Cl)c1-n1nccc1NC(=O)Nc1ccc(-c2ncn(-c3ccc(OC(F)(F)F)cc3)n2)cc1. The summed E-state index contributed by atoms with van der Waals surface area (Å²) in [5.74, 6) is 0.496. The molecule has 0 aliphatic rings. The molecule has 0 saturated carbocycles. The Balaban J connectivity index is 1.24. The minimum absolute atomic E-state index is 0.331. The molecule has 2 amide bonds. The van der Waals surface area contributed by atoms with Crippen LogP contribution in [-0.2, 0) is 0 Å². The fourth-order valence-corrected chi connectivity index (χ4v) is 4.07. The number of nitrogens with one attached hydrogen (secondary N) is 2. The molecule has 0 aliphatic carbocycles. The van der Waals surface area contributed by atoms with Gasteiger partial charge in [-0.15, -0.1) is 18.3 Å². The Bertz CT molecular complexity index is 1590. The zero-order valence-electron chi connectivity index (χ0n) is 20.1. The molecule has 0 spiro atoms. The van der Waals surface area contributed by atoms with Crippen molar-refractivity contribution in [1.29, 1.82) is 0 Å². The topological polar surface area (TPSA) is 98.9 Å². The van der Waals surface area contributed by atoms with E-state index in [9.17, 15) is 18.0 Å². The van der Waals surface area contributed by atoms with Crippen LogP contribution in [0.25, 0.3) is 22.8 Å². The van der Waals surface area contributed by atoms with E-state index in [2.05, 4.69) is 30.6 Å². The number of alkyl halides is 3. The van der Waals surface area contributed by atoms with E-state index in [0.29, 0.717) is 39.3 Å². The first-order chi connectivity index (χ1) is 18.7. The van der Waals surface area contributed by atoms with Gasteiger partial charge in [0.15, 0.2) is 5.82 Å². The summed E-state index contributed by atoms with van der Waals surface area (Å²) in [6.07, 6.45) is -1.76. The van der Waals surface area contributed by atoms with E-state index >= 15 is 0 Å². The molecular weight excluding hydrogens is 535 g/mol. The summed E-state index contributed by atoms with van der Waals surface area (Å²) >= 11 is 6.34. The normalized spacial score (nSPS) is 11.3. The van der Waals surface area contributed by atoms with E-state index in [1.165, 1.54) is 35.3 Å². The molecule has 9 nitrogen and oxygen atoms in total. The van der Waals surface area contributed by atoms with E-state index in [-0.39, 0.29) is 5.75 Å². The van der Waals surface area contributed by atoms with E-state index in [1.807, 2.05) is 19.1 Å². The van der Waals surface area contributed by atoms with Gasteiger partial charge in [-0.1, -0.05) is 23.7 Å². The number of amides is 2.